The van der Waals surface area contributed by atoms with Crippen molar-refractivity contribution >= 4 is 15.9 Å². The van der Waals surface area contributed by atoms with Gasteiger partial charge in [-0.1, -0.05) is 34.1 Å². The van der Waals surface area contributed by atoms with E-state index in [-0.39, 0.29) is 11.7 Å². The van der Waals surface area contributed by atoms with Crippen LogP contribution in [-0.2, 0) is 0 Å². The van der Waals surface area contributed by atoms with E-state index in [2.05, 4.69) is 20.7 Å². The van der Waals surface area contributed by atoms with Crippen LogP contribution in [0, 0.1) is 0 Å². The fourth-order valence-electron chi connectivity index (χ4n) is 2.24. The third kappa shape index (κ3) is 3.37. The number of halogens is 4. The second kappa shape index (κ2) is 4.88. The largest absolute Gasteiger partial charge is 0.573 e. The molecule has 1 fully saturated rings. The molecular weight excluding hydrogens is 297 g/mol. The van der Waals surface area contributed by atoms with E-state index in [0.717, 1.165) is 19.3 Å². The lowest BCUT2D eigenvalue weighted by molar-refractivity contribution is -0.275. The summed E-state index contributed by atoms with van der Waals surface area (Å²) in [5, 5.41) is 0. The summed E-state index contributed by atoms with van der Waals surface area (Å²) in [5.41, 5.74) is 0.659. The first-order valence-electron chi connectivity index (χ1n) is 5.44. The Morgan fingerprint density at radius 2 is 1.88 bits per heavy atom. The van der Waals surface area contributed by atoms with Gasteiger partial charge in [0.25, 0.3) is 0 Å². The number of hydrogen-bond donors (Lipinski definition) is 0. The predicted molar refractivity (Wildman–Crippen MR) is 62.4 cm³/mol. The lowest BCUT2D eigenvalue weighted by Gasteiger charge is -2.17. The van der Waals surface area contributed by atoms with Crippen molar-refractivity contribution in [2.24, 2.45) is 0 Å². The Hall–Kier alpha value is -0.710. The topological polar surface area (TPSA) is 9.23 Å². The summed E-state index contributed by atoms with van der Waals surface area (Å²) in [5.74, 6) is 0.0875. The average molecular weight is 309 g/mol. The number of alkyl halides is 4. The van der Waals surface area contributed by atoms with Crippen molar-refractivity contribution in [3.63, 3.8) is 0 Å². The summed E-state index contributed by atoms with van der Waals surface area (Å²) in [7, 11) is 0. The minimum atomic E-state index is -4.62. The summed E-state index contributed by atoms with van der Waals surface area (Å²) in [6.45, 7) is 0. The van der Waals surface area contributed by atoms with Crippen molar-refractivity contribution < 1.29 is 17.9 Å². The van der Waals surface area contributed by atoms with Gasteiger partial charge in [0.1, 0.15) is 5.75 Å². The lowest BCUT2D eigenvalue weighted by atomic mass is 9.97. The maximum atomic E-state index is 12.3. The number of para-hydroxylation sites is 1. The van der Waals surface area contributed by atoms with Gasteiger partial charge in [-0.2, -0.15) is 0 Å². The summed E-state index contributed by atoms with van der Waals surface area (Å²) < 4.78 is 40.8. The molecule has 2 atom stereocenters. The van der Waals surface area contributed by atoms with Gasteiger partial charge in [-0.05, 0) is 36.8 Å². The molecule has 0 aliphatic heterocycles. The molecule has 1 aromatic rings. The van der Waals surface area contributed by atoms with Crippen LogP contribution in [0.25, 0.3) is 0 Å². The Morgan fingerprint density at radius 1 is 1.18 bits per heavy atom. The van der Waals surface area contributed by atoms with Gasteiger partial charge in [-0.25, -0.2) is 0 Å². The minimum Gasteiger partial charge on any atom is -0.405 e. The van der Waals surface area contributed by atoms with Crippen LogP contribution >= 0.6 is 15.9 Å². The predicted octanol–water partition coefficient (Wildman–Crippen LogP) is 4.62. The van der Waals surface area contributed by atoms with Gasteiger partial charge in [0.05, 0.1) is 0 Å². The van der Waals surface area contributed by atoms with Crippen LogP contribution in [0.4, 0.5) is 13.2 Å². The summed E-state index contributed by atoms with van der Waals surface area (Å²) >= 11 is 3.50. The molecule has 5 heteroatoms. The van der Waals surface area contributed by atoms with Gasteiger partial charge >= 0.3 is 6.36 Å². The van der Waals surface area contributed by atoms with Crippen LogP contribution in [0.1, 0.15) is 30.7 Å². The second-order valence-corrected chi connectivity index (χ2v) is 5.49. The number of benzene rings is 1. The summed E-state index contributed by atoms with van der Waals surface area (Å²) in [4.78, 5) is 0.395. The molecule has 0 spiro atoms. The molecule has 1 aliphatic rings. The molecule has 17 heavy (non-hydrogen) atoms. The van der Waals surface area contributed by atoms with Crippen molar-refractivity contribution in [2.45, 2.75) is 36.4 Å². The Bertz CT molecular complexity index is 392. The zero-order valence-corrected chi connectivity index (χ0v) is 10.6. The van der Waals surface area contributed by atoms with Crippen molar-refractivity contribution in [2.75, 3.05) is 0 Å². The molecule has 1 saturated carbocycles. The molecular formula is C12H12BrF3O. The smallest absolute Gasteiger partial charge is 0.405 e. The van der Waals surface area contributed by atoms with E-state index in [1.54, 1.807) is 18.2 Å². The van der Waals surface area contributed by atoms with E-state index in [9.17, 15) is 13.2 Å². The van der Waals surface area contributed by atoms with Crippen molar-refractivity contribution in [1.82, 2.24) is 0 Å². The van der Waals surface area contributed by atoms with E-state index in [4.69, 9.17) is 0 Å². The minimum absolute atomic E-state index is 0.0633. The van der Waals surface area contributed by atoms with Crippen molar-refractivity contribution in [3.8, 4) is 5.75 Å². The number of rotatable bonds is 2. The van der Waals surface area contributed by atoms with Gasteiger partial charge in [-0.3, -0.25) is 0 Å². The standard InChI is InChI=1S/C12H12BrF3O/c13-9-6-5-8(7-9)10-3-1-2-4-11(10)17-12(14,15)16/h1-4,8-9H,5-7H2. The van der Waals surface area contributed by atoms with Gasteiger partial charge in [-0.15, -0.1) is 13.2 Å². The van der Waals surface area contributed by atoms with Crippen LogP contribution in [0.5, 0.6) is 5.75 Å². The van der Waals surface area contributed by atoms with E-state index in [1.807, 2.05) is 0 Å². The Labute approximate surface area is 106 Å². The Balaban J connectivity index is 2.22. The zero-order valence-electron chi connectivity index (χ0n) is 9.01. The molecule has 0 aromatic heterocycles. The van der Waals surface area contributed by atoms with Gasteiger partial charge in [0.15, 0.2) is 0 Å². The van der Waals surface area contributed by atoms with Crippen LogP contribution in [0.15, 0.2) is 24.3 Å². The molecule has 2 unspecified atom stereocenters. The normalized spacial score (nSPS) is 24.9. The SMILES string of the molecule is FC(F)(F)Oc1ccccc1C1CCC(Br)C1. The highest BCUT2D eigenvalue weighted by atomic mass is 79.9. The first-order valence-corrected chi connectivity index (χ1v) is 6.36. The lowest BCUT2D eigenvalue weighted by Crippen LogP contribution is -2.18. The molecule has 0 amide bonds. The summed E-state index contributed by atoms with van der Waals surface area (Å²) in [6.07, 6.45) is -1.88. The highest BCUT2D eigenvalue weighted by Crippen LogP contribution is 2.42. The molecule has 2 rings (SSSR count). The van der Waals surface area contributed by atoms with E-state index < -0.39 is 6.36 Å². The van der Waals surface area contributed by atoms with Crippen LogP contribution in [-0.4, -0.2) is 11.2 Å². The highest BCUT2D eigenvalue weighted by Gasteiger charge is 2.34. The third-order valence-electron chi connectivity index (χ3n) is 2.95. The monoisotopic (exact) mass is 308 g/mol. The maximum absolute atomic E-state index is 12.3. The fraction of sp³-hybridized carbons (Fsp3) is 0.500. The highest BCUT2D eigenvalue weighted by molar-refractivity contribution is 9.09. The Kier molecular flexibility index (Phi) is 3.66. The second-order valence-electron chi connectivity index (χ2n) is 4.19. The quantitative estimate of drug-likeness (QED) is 0.725. The van der Waals surface area contributed by atoms with Crippen molar-refractivity contribution in [1.29, 1.82) is 0 Å². The molecule has 1 aliphatic carbocycles. The van der Waals surface area contributed by atoms with Crippen LogP contribution in [0.3, 0.4) is 0 Å². The van der Waals surface area contributed by atoms with E-state index >= 15 is 0 Å². The molecule has 1 nitrogen and oxygen atoms in total. The molecule has 0 saturated heterocycles. The van der Waals surface area contributed by atoms with Crippen LogP contribution < -0.4 is 4.74 Å². The number of ether oxygens (including phenoxy) is 1. The van der Waals surface area contributed by atoms with E-state index in [0.29, 0.717) is 10.4 Å². The molecule has 0 N–H and O–H groups in total. The molecule has 0 heterocycles. The number of hydrogen-bond acceptors (Lipinski definition) is 1. The van der Waals surface area contributed by atoms with Crippen LogP contribution in [0.2, 0.25) is 0 Å². The third-order valence-corrected chi connectivity index (χ3v) is 3.78. The Morgan fingerprint density at radius 3 is 2.47 bits per heavy atom. The first kappa shape index (κ1) is 12.7. The van der Waals surface area contributed by atoms with Crippen molar-refractivity contribution in [3.05, 3.63) is 29.8 Å². The first-order chi connectivity index (χ1) is 7.96. The molecule has 94 valence electrons. The maximum Gasteiger partial charge on any atom is 0.573 e. The molecule has 0 bridgehead atoms. The average Bonchev–Trinajstić information content (AvgIpc) is 2.63. The molecule has 1 aromatic carbocycles. The van der Waals surface area contributed by atoms with E-state index in [1.165, 1.54) is 6.07 Å². The van der Waals surface area contributed by atoms with Gasteiger partial charge < -0.3 is 4.74 Å². The van der Waals surface area contributed by atoms with Gasteiger partial charge in [0.2, 0.25) is 0 Å². The fourth-order valence-corrected chi connectivity index (χ4v) is 2.96. The molecule has 0 radical (unpaired) electrons. The van der Waals surface area contributed by atoms with Gasteiger partial charge in [0, 0.05) is 4.83 Å². The summed E-state index contributed by atoms with van der Waals surface area (Å²) in [6, 6.07) is 6.41. The zero-order chi connectivity index (χ0) is 12.5.